The number of sulfonamides is 1. The van der Waals surface area contributed by atoms with Crippen molar-refractivity contribution in [2.45, 2.75) is 42.9 Å². The van der Waals surface area contributed by atoms with Crippen LogP contribution in [0.2, 0.25) is 0 Å². The standard InChI is InChI=1S/C19H24N2O3S3/c1-14-8-9-18(26-14)27(23,24)20-10-2-5-15(13-20)19(22)21-11-3-6-16(21)17-7-4-12-25-17/h4,7-9,12,15-16H,2-3,5-6,10-11,13H2,1H3/t15-,16-/m1/s1. The molecule has 0 unspecified atom stereocenters. The average molecular weight is 425 g/mol. The normalized spacial score (nSPS) is 24.4. The van der Waals surface area contributed by atoms with E-state index >= 15 is 0 Å². The molecule has 1 amide bonds. The van der Waals surface area contributed by atoms with Gasteiger partial charge in [-0.05, 0) is 56.2 Å². The first-order valence-electron chi connectivity index (χ1n) is 9.37. The number of piperidine rings is 1. The summed E-state index contributed by atoms with van der Waals surface area (Å²) < 4.78 is 27.8. The van der Waals surface area contributed by atoms with Gasteiger partial charge in [0.2, 0.25) is 5.91 Å². The molecule has 2 aliphatic rings. The molecule has 0 radical (unpaired) electrons. The maximum atomic E-state index is 13.2. The molecule has 2 saturated heterocycles. The molecule has 27 heavy (non-hydrogen) atoms. The van der Waals surface area contributed by atoms with Crippen molar-refractivity contribution in [3.05, 3.63) is 39.4 Å². The monoisotopic (exact) mass is 424 g/mol. The maximum Gasteiger partial charge on any atom is 0.252 e. The Hall–Kier alpha value is -1.22. The minimum absolute atomic E-state index is 0.119. The van der Waals surface area contributed by atoms with E-state index in [2.05, 4.69) is 6.07 Å². The fourth-order valence-electron chi connectivity index (χ4n) is 4.08. The van der Waals surface area contributed by atoms with Crippen LogP contribution in [0.5, 0.6) is 0 Å². The molecule has 2 fully saturated rings. The van der Waals surface area contributed by atoms with Gasteiger partial charge in [0, 0.05) is 29.4 Å². The van der Waals surface area contributed by atoms with Crippen molar-refractivity contribution < 1.29 is 13.2 Å². The van der Waals surface area contributed by atoms with E-state index < -0.39 is 10.0 Å². The Morgan fingerprint density at radius 1 is 1.15 bits per heavy atom. The highest BCUT2D eigenvalue weighted by Crippen LogP contribution is 2.37. The molecule has 146 valence electrons. The first-order chi connectivity index (χ1) is 13.0. The number of thiophene rings is 2. The second kappa shape index (κ2) is 7.66. The Bertz CT molecular complexity index is 905. The van der Waals surface area contributed by atoms with E-state index in [9.17, 15) is 13.2 Å². The molecule has 2 atom stereocenters. The third-order valence-electron chi connectivity index (χ3n) is 5.45. The number of aryl methyl sites for hydroxylation is 1. The van der Waals surface area contributed by atoms with Gasteiger partial charge in [-0.2, -0.15) is 4.31 Å². The van der Waals surface area contributed by atoms with Crippen molar-refractivity contribution in [2.75, 3.05) is 19.6 Å². The Labute approximate surface area is 168 Å². The van der Waals surface area contributed by atoms with E-state index in [1.807, 2.05) is 29.3 Å². The summed E-state index contributed by atoms with van der Waals surface area (Å²) in [4.78, 5) is 17.4. The first kappa shape index (κ1) is 19.1. The number of nitrogens with zero attached hydrogens (tertiary/aromatic N) is 2. The van der Waals surface area contributed by atoms with Crippen LogP contribution in [0.4, 0.5) is 0 Å². The minimum Gasteiger partial charge on any atom is -0.335 e. The summed E-state index contributed by atoms with van der Waals surface area (Å²) in [5.41, 5.74) is 0. The number of amides is 1. The summed E-state index contributed by atoms with van der Waals surface area (Å²) in [6, 6.07) is 7.79. The average Bonchev–Trinajstić information content (AvgIpc) is 3.41. The number of hydrogen-bond acceptors (Lipinski definition) is 5. The fraction of sp³-hybridized carbons (Fsp3) is 0.526. The Morgan fingerprint density at radius 2 is 1.96 bits per heavy atom. The third kappa shape index (κ3) is 3.72. The fourth-order valence-corrected chi connectivity index (χ4v) is 7.92. The first-order valence-corrected chi connectivity index (χ1v) is 12.5. The van der Waals surface area contributed by atoms with Crippen molar-refractivity contribution in [1.29, 1.82) is 0 Å². The number of rotatable bonds is 4. The molecule has 0 spiro atoms. The molecule has 0 bridgehead atoms. The van der Waals surface area contributed by atoms with E-state index in [1.165, 1.54) is 20.5 Å². The number of carbonyl (C=O) groups is 1. The summed E-state index contributed by atoms with van der Waals surface area (Å²) in [6.45, 7) is 3.47. The molecule has 8 heteroatoms. The van der Waals surface area contributed by atoms with E-state index in [-0.39, 0.29) is 17.9 Å². The van der Waals surface area contributed by atoms with Crippen LogP contribution in [0.1, 0.15) is 41.5 Å². The summed E-state index contributed by atoms with van der Waals surface area (Å²) in [7, 11) is -3.50. The molecule has 0 aliphatic carbocycles. The lowest BCUT2D eigenvalue weighted by molar-refractivity contribution is -0.137. The number of likely N-dealkylation sites (tertiary alicyclic amines) is 1. The maximum absolute atomic E-state index is 13.2. The Balaban J connectivity index is 1.50. The van der Waals surface area contributed by atoms with Crippen molar-refractivity contribution in [2.24, 2.45) is 5.92 Å². The van der Waals surface area contributed by atoms with Gasteiger partial charge in [-0.15, -0.1) is 22.7 Å². The zero-order valence-corrected chi connectivity index (χ0v) is 17.8. The highest BCUT2D eigenvalue weighted by atomic mass is 32.2. The van der Waals surface area contributed by atoms with Crippen molar-refractivity contribution in [3.63, 3.8) is 0 Å². The molecule has 4 rings (SSSR count). The lowest BCUT2D eigenvalue weighted by Crippen LogP contribution is -2.46. The lowest BCUT2D eigenvalue weighted by atomic mass is 9.97. The molecule has 2 aromatic rings. The molecular formula is C19H24N2O3S3. The largest absolute Gasteiger partial charge is 0.335 e. The SMILES string of the molecule is Cc1ccc(S(=O)(=O)N2CCC[C@@H](C(=O)N3CCC[C@@H]3c3cccs3)C2)s1. The number of hydrogen-bond donors (Lipinski definition) is 0. The molecular weight excluding hydrogens is 400 g/mol. The summed E-state index contributed by atoms with van der Waals surface area (Å²) in [5, 5.41) is 2.05. The van der Waals surface area contributed by atoms with Gasteiger partial charge in [0.05, 0.1) is 12.0 Å². The number of carbonyl (C=O) groups excluding carboxylic acids is 1. The van der Waals surface area contributed by atoms with Crippen LogP contribution in [0.3, 0.4) is 0 Å². The van der Waals surface area contributed by atoms with Crippen LogP contribution < -0.4 is 0 Å². The zero-order chi connectivity index (χ0) is 19.0. The van der Waals surface area contributed by atoms with Crippen molar-refractivity contribution >= 4 is 38.6 Å². The third-order valence-corrected chi connectivity index (χ3v) is 9.76. The van der Waals surface area contributed by atoms with Crippen LogP contribution in [-0.2, 0) is 14.8 Å². The van der Waals surface area contributed by atoms with Gasteiger partial charge in [0.25, 0.3) is 10.0 Å². The highest BCUT2D eigenvalue weighted by molar-refractivity contribution is 7.91. The van der Waals surface area contributed by atoms with Gasteiger partial charge in [-0.3, -0.25) is 4.79 Å². The van der Waals surface area contributed by atoms with Crippen LogP contribution >= 0.6 is 22.7 Å². The van der Waals surface area contributed by atoms with E-state index in [0.29, 0.717) is 17.3 Å². The van der Waals surface area contributed by atoms with Crippen molar-refractivity contribution in [1.82, 2.24) is 9.21 Å². The molecule has 0 N–H and O–H groups in total. The van der Waals surface area contributed by atoms with Gasteiger partial charge < -0.3 is 4.90 Å². The van der Waals surface area contributed by atoms with Crippen LogP contribution in [-0.4, -0.2) is 43.2 Å². The molecule has 2 aromatic heterocycles. The minimum atomic E-state index is -3.50. The van der Waals surface area contributed by atoms with Crippen molar-refractivity contribution in [3.8, 4) is 0 Å². The van der Waals surface area contributed by atoms with Gasteiger partial charge in [-0.25, -0.2) is 8.42 Å². The quantitative estimate of drug-likeness (QED) is 0.748. The van der Waals surface area contributed by atoms with Gasteiger partial charge in [0.15, 0.2) is 0 Å². The Kier molecular flexibility index (Phi) is 5.42. The molecule has 5 nitrogen and oxygen atoms in total. The summed E-state index contributed by atoms with van der Waals surface area (Å²) in [5.74, 6) is -0.122. The smallest absolute Gasteiger partial charge is 0.252 e. The summed E-state index contributed by atoms with van der Waals surface area (Å²) in [6.07, 6.45) is 3.51. The molecule has 2 aliphatic heterocycles. The van der Waals surface area contributed by atoms with E-state index in [4.69, 9.17) is 0 Å². The molecule has 0 saturated carbocycles. The Morgan fingerprint density at radius 3 is 2.67 bits per heavy atom. The van der Waals surface area contributed by atoms with Crippen LogP contribution in [0, 0.1) is 12.8 Å². The topological polar surface area (TPSA) is 57.7 Å². The second-order valence-electron chi connectivity index (χ2n) is 7.27. The zero-order valence-electron chi connectivity index (χ0n) is 15.3. The molecule has 0 aromatic carbocycles. The lowest BCUT2D eigenvalue weighted by Gasteiger charge is -2.34. The predicted octanol–water partition coefficient (Wildman–Crippen LogP) is 3.88. The van der Waals surface area contributed by atoms with Crippen LogP contribution in [0.15, 0.2) is 33.9 Å². The van der Waals surface area contributed by atoms with E-state index in [1.54, 1.807) is 17.4 Å². The van der Waals surface area contributed by atoms with Gasteiger partial charge >= 0.3 is 0 Å². The van der Waals surface area contributed by atoms with Gasteiger partial charge in [-0.1, -0.05) is 6.07 Å². The van der Waals surface area contributed by atoms with Gasteiger partial charge in [0.1, 0.15) is 4.21 Å². The predicted molar refractivity (Wildman–Crippen MR) is 109 cm³/mol. The van der Waals surface area contributed by atoms with E-state index in [0.717, 1.165) is 37.1 Å². The second-order valence-corrected chi connectivity index (χ2v) is 11.7. The summed E-state index contributed by atoms with van der Waals surface area (Å²) >= 11 is 2.99. The highest BCUT2D eigenvalue weighted by Gasteiger charge is 2.39. The van der Waals surface area contributed by atoms with Crippen LogP contribution in [0.25, 0.3) is 0 Å². The molecule has 4 heterocycles.